The van der Waals surface area contributed by atoms with Gasteiger partial charge in [0.15, 0.2) is 0 Å². The molecule has 1 aromatic carbocycles. The Morgan fingerprint density at radius 1 is 1.29 bits per heavy atom. The molecular formula is C12H16ClN3O. The highest BCUT2D eigenvalue weighted by Gasteiger charge is 2.16. The number of nitrogens with one attached hydrogen (secondary N) is 1. The summed E-state index contributed by atoms with van der Waals surface area (Å²) >= 11 is 5.80. The number of nitrogen functional groups attached to an aromatic ring is 1. The Morgan fingerprint density at radius 3 is 2.65 bits per heavy atom. The normalized spacial score (nSPS) is 15.7. The maximum absolute atomic E-state index is 11.9. The van der Waals surface area contributed by atoms with Crippen molar-refractivity contribution in [3.05, 3.63) is 23.2 Å². The number of piperidine rings is 1. The zero-order valence-corrected chi connectivity index (χ0v) is 10.3. The minimum atomic E-state index is -0.0845. The molecule has 0 atom stereocenters. The van der Waals surface area contributed by atoms with Crippen LogP contribution in [0.4, 0.5) is 16.2 Å². The fourth-order valence-electron chi connectivity index (χ4n) is 1.94. The first kappa shape index (κ1) is 12.0. The summed E-state index contributed by atoms with van der Waals surface area (Å²) in [5, 5.41) is 3.38. The molecule has 0 aromatic heterocycles. The van der Waals surface area contributed by atoms with Gasteiger partial charge in [0.25, 0.3) is 0 Å². The van der Waals surface area contributed by atoms with Gasteiger partial charge < -0.3 is 16.0 Å². The van der Waals surface area contributed by atoms with Gasteiger partial charge in [-0.25, -0.2) is 4.79 Å². The molecule has 17 heavy (non-hydrogen) atoms. The second kappa shape index (κ2) is 5.27. The number of hydrogen-bond acceptors (Lipinski definition) is 2. The monoisotopic (exact) mass is 253 g/mol. The number of nitrogens with zero attached hydrogens (tertiary/aromatic N) is 1. The zero-order chi connectivity index (χ0) is 12.3. The van der Waals surface area contributed by atoms with Crippen LogP contribution in [0.3, 0.4) is 0 Å². The summed E-state index contributed by atoms with van der Waals surface area (Å²) in [6.45, 7) is 1.64. The van der Waals surface area contributed by atoms with Crippen LogP contribution < -0.4 is 11.1 Å². The SMILES string of the molecule is Nc1cc(Cl)ccc1NC(=O)N1CCCCC1. The van der Waals surface area contributed by atoms with Crippen LogP contribution >= 0.6 is 11.6 Å². The highest BCUT2D eigenvalue weighted by Crippen LogP contribution is 2.23. The first-order valence-corrected chi connectivity index (χ1v) is 6.15. The quantitative estimate of drug-likeness (QED) is 0.756. The van der Waals surface area contributed by atoms with Crippen LogP contribution in [-0.4, -0.2) is 24.0 Å². The van der Waals surface area contributed by atoms with E-state index in [0.717, 1.165) is 25.9 Å². The highest BCUT2D eigenvalue weighted by molar-refractivity contribution is 6.31. The van der Waals surface area contributed by atoms with Gasteiger partial charge >= 0.3 is 6.03 Å². The molecule has 1 aliphatic heterocycles. The summed E-state index contributed by atoms with van der Waals surface area (Å²) in [5.41, 5.74) is 6.89. The number of nitrogens with two attached hydrogens (primary N) is 1. The van der Waals surface area contributed by atoms with Crippen molar-refractivity contribution >= 4 is 29.0 Å². The van der Waals surface area contributed by atoms with E-state index in [9.17, 15) is 4.79 Å². The summed E-state index contributed by atoms with van der Waals surface area (Å²) in [4.78, 5) is 13.7. The van der Waals surface area contributed by atoms with Crippen LogP contribution in [-0.2, 0) is 0 Å². The average molecular weight is 254 g/mol. The van der Waals surface area contributed by atoms with Crippen molar-refractivity contribution < 1.29 is 4.79 Å². The number of rotatable bonds is 1. The number of anilines is 2. The Bertz CT molecular complexity index is 416. The van der Waals surface area contributed by atoms with Crippen molar-refractivity contribution in [2.45, 2.75) is 19.3 Å². The van der Waals surface area contributed by atoms with Crippen LogP contribution in [0.15, 0.2) is 18.2 Å². The van der Waals surface area contributed by atoms with Gasteiger partial charge in [-0.15, -0.1) is 0 Å². The van der Waals surface area contributed by atoms with Gasteiger partial charge in [0.05, 0.1) is 11.4 Å². The molecule has 2 amide bonds. The lowest BCUT2D eigenvalue weighted by Gasteiger charge is -2.27. The largest absolute Gasteiger partial charge is 0.397 e. The van der Waals surface area contributed by atoms with Gasteiger partial charge in [0, 0.05) is 18.1 Å². The number of carbonyl (C=O) groups excluding carboxylic acids is 1. The van der Waals surface area contributed by atoms with Gasteiger partial charge in [0.1, 0.15) is 0 Å². The fraction of sp³-hybridized carbons (Fsp3) is 0.417. The number of carbonyl (C=O) groups is 1. The number of halogens is 1. The number of hydrogen-bond donors (Lipinski definition) is 2. The molecule has 1 fully saturated rings. The molecule has 5 heteroatoms. The van der Waals surface area contributed by atoms with Crippen molar-refractivity contribution in [1.82, 2.24) is 4.90 Å². The van der Waals surface area contributed by atoms with Crippen LogP contribution in [0, 0.1) is 0 Å². The molecule has 0 saturated carbocycles. The Balaban J connectivity index is 2.02. The molecule has 2 rings (SSSR count). The van der Waals surface area contributed by atoms with Crippen molar-refractivity contribution in [3.63, 3.8) is 0 Å². The molecule has 3 N–H and O–H groups in total. The number of benzene rings is 1. The topological polar surface area (TPSA) is 58.4 Å². The first-order valence-electron chi connectivity index (χ1n) is 5.78. The zero-order valence-electron chi connectivity index (χ0n) is 9.58. The summed E-state index contributed by atoms with van der Waals surface area (Å²) in [6, 6.07) is 4.98. The Kier molecular flexibility index (Phi) is 3.74. The summed E-state index contributed by atoms with van der Waals surface area (Å²) in [6.07, 6.45) is 3.35. The standard InChI is InChI=1S/C12H16ClN3O/c13-9-4-5-11(10(14)8-9)15-12(17)16-6-2-1-3-7-16/h4-5,8H,1-3,6-7,14H2,(H,15,17). The van der Waals surface area contributed by atoms with E-state index in [4.69, 9.17) is 17.3 Å². The number of urea groups is 1. The predicted octanol–water partition coefficient (Wildman–Crippen LogP) is 2.94. The molecule has 1 heterocycles. The molecule has 1 saturated heterocycles. The molecular weight excluding hydrogens is 238 g/mol. The second-order valence-corrected chi connectivity index (χ2v) is 4.65. The van der Waals surface area contributed by atoms with Crippen molar-refractivity contribution in [1.29, 1.82) is 0 Å². The van der Waals surface area contributed by atoms with Crippen molar-refractivity contribution in [2.75, 3.05) is 24.1 Å². The lowest BCUT2D eigenvalue weighted by atomic mass is 10.1. The summed E-state index contributed by atoms with van der Waals surface area (Å²) in [5.74, 6) is 0. The minimum absolute atomic E-state index is 0.0845. The fourth-order valence-corrected chi connectivity index (χ4v) is 2.12. The molecule has 92 valence electrons. The average Bonchev–Trinajstić information content (AvgIpc) is 2.34. The molecule has 0 unspecified atom stereocenters. The third-order valence-corrected chi connectivity index (χ3v) is 3.13. The lowest BCUT2D eigenvalue weighted by Crippen LogP contribution is -2.38. The van der Waals surface area contributed by atoms with Crippen LogP contribution in [0.25, 0.3) is 0 Å². The van der Waals surface area contributed by atoms with E-state index < -0.39 is 0 Å². The lowest BCUT2D eigenvalue weighted by molar-refractivity contribution is 0.200. The molecule has 1 aliphatic rings. The van der Waals surface area contributed by atoms with E-state index in [2.05, 4.69) is 5.32 Å². The number of likely N-dealkylation sites (tertiary alicyclic amines) is 1. The van der Waals surface area contributed by atoms with Crippen molar-refractivity contribution in [3.8, 4) is 0 Å². The van der Waals surface area contributed by atoms with E-state index in [1.807, 2.05) is 4.90 Å². The van der Waals surface area contributed by atoms with Crippen LogP contribution in [0.1, 0.15) is 19.3 Å². The Morgan fingerprint density at radius 2 is 2.00 bits per heavy atom. The van der Waals surface area contributed by atoms with E-state index in [1.165, 1.54) is 6.42 Å². The highest BCUT2D eigenvalue weighted by atomic mass is 35.5. The van der Waals surface area contributed by atoms with E-state index in [0.29, 0.717) is 16.4 Å². The molecule has 0 spiro atoms. The summed E-state index contributed by atoms with van der Waals surface area (Å²) < 4.78 is 0. The first-order chi connectivity index (χ1) is 8.16. The smallest absolute Gasteiger partial charge is 0.321 e. The van der Waals surface area contributed by atoms with E-state index in [-0.39, 0.29) is 6.03 Å². The third-order valence-electron chi connectivity index (χ3n) is 2.90. The predicted molar refractivity (Wildman–Crippen MR) is 70.3 cm³/mol. The maximum Gasteiger partial charge on any atom is 0.321 e. The van der Waals surface area contributed by atoms with Crippen LogP contribution in [0.2, 0.25) is 5.02 Å². The van der Waals surface area contributed by atoms with Gasteiger partial charge in [0.2, 0.25) is 0 Å². The van der Waals surface area contributed by atoms with Gasteiger partial charge in [-0.05, 0) is 37.5 Å². The second-order valence-electron chi connectivity index (χ2n) is 4.21. The van der Waals surface area contributed by atoms with E-state index in [1.54, 1.807) is 18.2 Å². The van der Waals surface area contributed by atoms with Gasteiger partial charge in [-0.2, -0.15) is 0 Å². The molecule has 1 aromatic rings. The third kappa shape index (κ3) is 3.03. The molecule has 0 bridgehead atoms. The Labute approximate surface area is 106 Å². The van der Waals surface area contributed by atoms with Crippen molar-refractivity contribution in [2.24, 2.45) is 0 Å². The van der Waals surface area contributed by atoms with Gasteiger partial charge in [-0.3, -0.25) is 0 Å². The molecule has 0 aliphatic carbocycles. The maximum atomic E-state index is 11.9. The Hall–Kier alpha value is -1.42. The molecule has 0 radical (unpaired) electrons. The number of amides is 2. The van der Waals surface area contributed by atoms with Crippen LogP contribution in [0.5, 0.6) is 0 Å². The van der Waals surface area contributed by atoms with E-state index >= 15 is 0 Å². The van der Waals surface area contributed by atoms with Gasteiger partial charge in [-0.1, -0.05) is 11.6 Å². The minimum Gasteiger partial charge on any atom is -0.397 e. The summed E-state index contributed by atoms with van der Waals surface area (Å²) in [7, 11) is 0. The molecule has 4 nitrogen and oxygen atoms in total.